The summed E-state index contributed by atoms with van der Waals surface area (Å²) in [6, 6.07) is -0.895. The van der Waals surface area contributed by atoms with E-state index in [2.05, 4.69) is 67.8 Å². The van der Waals surface area contributed by atoms with Gasteiger partial charge in [-0.25, -0.2) is 0 Å². The van der Waals surface area contributed by atoms with Gasteiger partial charge in [-0.1, -0.05) is 280 Å². The van der Waals surface area contributed by atoms with Gasteiger partial charge in [0, 0.05) is 6.42 Å². The van der Waals surface area contributed by atoms with Gasteiger partial charge in [0.1, 0.15) is 13.2 Å². The quantitative estimate of drug-likeness (QED) is 0.0272. The Labute approximate surface area is 447 Å². The Bertz CT molecular complexity index is 1360. The van der Waals surface area contributed by atoms with Crippen molar-refractivity contribution in [3.63, 3.8) is 0 Å². The number of rotatable bonds is 56. The molecule has 0 saturated carbocycles. The topological polar surface area (TPSA) is 108 Å². The predicted molar refractivity (Wildman–Crippen MR) is 311 cm³/mol. The first-order chi connectivity index (χ1) is 35.0. The van der Waals surface area contributed by atoms with Crippen molar-refractivity contribution in [3.8, 4) is 0 Å². The molecule has 0 radical (unpaired) electrons. The number of likely N-dealkylation sites (N-methyl/N-ethyl adjacent to an activating group) is 1. The Hall–Kier alpha value is -1.80. The molecule has 0 saturated heterocycles. The van der Waals surface area contributed by atoms with Gasteiger partial charge in [-0.05, 0) is 57.8 Å². The lowest BCUT2D eigenvalue weighted by atomic mass is 10.0. The highest BCUT2D eigenvalue weighted by Gasteiger charge is 2.23. The second-order valence-electron chi connectivity index (χ2n) is 22.0. The lowest BCUT2D eigenvalue weighted by molar-refractivity contribution is -0.870. The molecule has 8 nitrogen and oxygen atoms in total. The lowest BCUT2D eigenvalue weighted by Gasteiger charge is -2.29. The van der Waals surface area contributed by atoms with Gasteiger partial charge in [0.2, 0.25) is 5.91 Å². The number of aliphatic hydroxyl groups excluding tert-OH is 1. The number of hydrogen-bond acceptors (Lipinski definition) is 6. The van der Waals surface area contributed by atoms with Crippen LogP contribution in [-0.4, -0.2) is 68.5 Å². The molecule has 0 aromatic rings. The smallest absolute Gasteiger partial charge is 0.268 e. The lowest BCUT2D eigenvalue weighted by Crippen LogP contribution is -2.45. The molecule has 0 aromatic heterocycles. The number of nitrogens with one attached hydrogen (secondary N) is 1. The number of quaternary nitrogens is 1. The van der Waals surface area contributed by atoms with Gasteiger partial charge in [0.15, 0.2) is 0 Å². The summed E-state index contributed by atoms with van der Waals surface area (Å²) in [5.41, 5.74) is 0. The molecule has 2 N–H and O–H groups in total. The van der Waals surface area contributed by atoms with E-state index in [0.717, 1.165) is 77.0 Å². The summed E-state index contributed by atoms with van der Waals surface area (Å²) in [5, 5.41) is 13.9. The van der Waals surface area contributed by atoms with Crippen LogP contribution in [0.2, 0.25) is 0 Å². The molecule has 9 heteroatoms. The molecule has 0 rings (SSSR count). The first-order valence-corrected chi connectivity index (χ1v) is 32.1. The number of phosphoric acid groups is 1. The molecule has 3 unspecified atom stereocenters. The fraction of sp³-hybridized carbons (Fsp3) is 0.825. The molecule has 0 heterocycles. The van der Waals surface area contributed by atoms with Crippen molar-refractivity contribution in [1.82, 2.24) is 5.32 Å². The maximum absolute atomic E-state index is 13.0. The number of phosphoric ester groups is 1. The summed E-state index contributed by atoms with van der Waals surface area (Å²) in [4.78, 5) is 25.5. The third-order valence-electron chi connectivity index (χ3n) is 13.7. The van der Waals surface area contributed by atoms with Gasteiger partial charge < -0.3 is 28.8 Å². The summed E-state index contributed by atoms with van der Waals surface area (Å²) < 4.78 is 23.4. The number of hydrogen-bond donors (Lipinski definition) is 2. The zero-order valence-electron chi connectivity index (χ0n) is 48.1. The average Bonchev–Trinajstić information content (AvgIpc) is 3.34. The highest BCUT2D eigenvalue weighted by molar-refractivity contribution is 7.45. The number of carbonyl (C=O) groups excluding carboxylic acids is 1. The van der Waals surface area contributed by atoms with Crippen LogP contribution in [0.25, 0.3) is 0 Å². The number of carbonyl (C=O) groups is 1. The van der Waals surface area contributed by atoms with E-state index in [4.69, 9.17) is 9.05 Å². The van der Waals surface area contributed by atoms with Crippen molar-refractivity contribution >= 4 is 13.7 Å². The van der Waals surface area contributed by atoms with E-state index >= 15 is 0 Å². The molecule has 72 heavy (non-hydrogen) atoms. The van der Waals surface area contributed by atoms with Crippen LogP contribution in [-0.2, 0) is 18.4 Å². The van der Waals surface area contributed by atoms with Crippen LogP contribution in [0.4, 0.5) is 0 Å². The van der Waals surface area contributed by atoms with E-state index in [1.54, 1.807) is 6.08 Å². The Morgan fingerprint density at radius 1 is 0.500 bits per heavy atom. The summed E-state index contributed by atoms with van der Waals surface area (Å²) >= 11 is 0. The molecule has 0 fully saturated rings. The molecule has 3 atom stereocenters. The Morgan fingerprint density at radius 3 is 1.24 bits per heavy atom. The minimum atomic E-state index is -4.60. The molecule has 0 aromatic carbocycles. The monoisotopic (exact) mass is 1030 g/mol. The number of aliphatic hydroxyl groups is 1. The Kier molecular flexibility index (Phi) is 52.7. The Morgan fingerprint density at radius 2 is 0.847 bits per heavy atom. The van der Waals surface area contributed by atoms with Crippen molar-refractivity contribution in [2.24, 2.45) is 0 Å². The highest BCUT2D eigenvalue weighted by atomic mass is 31.2. The van der Waals surface area contributed by atoms with Crippen molar-refractivity contribution < 1.29 is 32.9 Å². The average molecular weight is 1030 g/mol. The van der Waals surface area contributed by atoms with Gasteiger partial charge in [0.05, 0.1) is 39.9 Å². The number of unbranched alkanes of at least 4 members (excludes halogenated alkanes) is 35. The van der Waals surface area contributed by atoms with Gasteiger partial charge >= 0.3 is 0 Å². The van der Waals surface area contributed by atoms with Gasteiger partial charge in [0.25, 0.3) is 7.82 Å². The number of allylic oxidation sites excluding steroid dienone is 9. The van der Waals surface area contributed by atoms with E-state index in [9.17, 15) is 19.4 Å². The molecule has 0 aliphatic carbocycles. The summed E-state index contributed by atoms with van der Waals surface area (Å²) in [7, 11) is 1.26. The van der Waals surface area contributed by atoms with Crippen molar-refractivity contribution in [1.29, 1.82) is 0 Å². The zero-order valence-corrected chi connectivity index (χ0v) is 49.0. The largest absolute Gasteiger partial charge is 0.756 e. The summed E-state index contributed by atoms with van der Waals surface area (Å²) in [6.07, 6.45) is 73.1. The van der Waals surface area contributed by atoms with E-state index < -0.39 is 20.0 Å². The molecule has 0 bridgehead atoms. The minimum absolute atomic E-state index is 0.00452. The van der Waals surface area contributed by atoms with Crippen molar-refractivity contribution in [3.05, 3.63) is 60.8 Å². The standard InChI is InChI=1S/C63H119N2O6P/c1-6-8-10-12-14-16-18-20-22-24-26-28-29-30-31-32-33-34-35-37-38-40-42-44-46-48-50-52-54-56-62(66)61(60-71-72(68,69)70-59-58-65(3,4)5)64-63(67)57-55-53-51-49-47-45-43-41-39-36-27-25-23-21-19-17-15-13-11-9-7-2/h9,11,15,17,21,23,27,36,54,56,61-62,66H,6-8,10,12-14,16,18-20,22,24-26,28-35,37-53,55,57-60H2,1-5H3,(H-,64,67,68,69)/b11-9-,17-15-,23-21-,36-27-,56-54+. The summed E-state index contributed by atoms with van der Waals surface area (Å²) in [6.45, 7) is 4.56. The maximum atomic E-state index is 13.0. The van der Waals surface area contributed by atoms with Crippen LogP contribution in [0.15, 0.2) is 60.8 Å². The summed E-state index contributed by atoms with van der Waals surface area (Å²) in [5.74, 6) is -0.204. The molecule has 0 spiro atoms. The normalized spacial score (nSPS) is 14.3. The fourth-order valence-corrected chi connectivity index (χ4v) is 9.69. The van der Waals surface area contributed by atoms with Gasteiger partial charge in [-0.15, -0.1) is 0 Å². The molecule has 0 aliphatic rings. The van der Waals surface area contributed by atoms with Crippen LogP contribution in [0.1, 0.15) is 284 Å². The zero-order chi connectivity index (χ0) is 52.7. The predicted octanol–water partition coefficient (Wildman–Crippen LogP) is 18.2. The molecular weight excluding hydrogens is 912 g/mol. The third-order valence-corrected chi connectivity index (χ3v) is 14.7. The van der Waals surface area contributed by atoms with Crippen LogP contribution in [0.3, 0.4) is 0 Å². The van der Waals surface area contributed by atoms with E-state index in [1.165, 1.54) is 186 Å². The van der Waals surface area contributed by atoms with Crippen molar-refractivity contribution in [2.45, 2.75) is 296 Å². The first-order valence-electron chi connectivity index (χ1n) is 30.7. The molecule has 422 valence electrons. The van der Waals surface area contributed by atoms with Gasteiger partial charge in [-0.2, -0.15) is 0 Å². The highest BCUT2D eigenvalue weighted by Crippen LogP contribution is 2.38. The third kappa shape index (κ3) is 55.9. The van der Waals surface area contributed by atoms with Crippen molar-refractivity contribution in [2.75, 3.05) is 40.9 Å². The van der Waals surface area contributed by atoms with E-state index in [1.807, 2.05) is 27.2 Å². The van der Waals surface area contributed by atoms with Gasteiger partial charge in [-0.3, -0.25) is 9.36 Å². The molecular formula is C63H119N2O6P. The molecule has 0 aliphatic heterocycles. The first kappa shape index (κ1) is 70.2. The van der Waals surface area contributed by atoms with Crippen LogP contribution in [0.5, 0.6) is 0 Å². The second-order valence-corrected chi connectivity index (χ2v) is 23.4. The van der Waals surface area contributed by atoms with E-state index in [-0.39, 0.29) is 19.1 Å². The number of amides is 1. The van der Waals surface area contributed by atoms with Crippen LogP contribution < -0.4 is 10.2 Å². The Balaban J connectivity index is 4.16. The molecule has 1 amide bonds. The maximum Gasteiger partial charge on any atom is 0.268 e. The SMILES string of the molecule is CC/C=C\C/C=C\C/C=C\C/C=C\CCCCCCCCCCC(=O)NC(COP(=O)([O-])OCC[N+](C)(C)C)C(O)/C=C/CCCCCCCCCCCCCCCCCCCCCCCCCCCCC. The fourth-order valence-electron chi connectivity index (χ4n) is 8.97. The van der Waals surface area contributed by atoms with Crippen LogP contribution >= 0.6 is 7.82 Å². The van der Waals surface area contributed by atoms with Crippen LogP contribution in [0, 0.1) is 0 Å². The van der Waals surface area contributed by atoms with E-state index in [0.29, 0.717) is 17.4 Å². The number of nitrogens with zero attached hydrogens (tertiary/aromatic N) is 1. The minimum Gasteiger partial charge on any atom is -0.756 e. The second kappa shape index (κ2) is 54.0.